The summed E-state index contributed by atoms with van der Waals surface area (Å²) in [5, 5.41) is 6.55. The van der Waals surface area contributed by atoms with E-state index in [1.807, 2.05) is 29.2 Å². The van der Waals surface area contributed by atoms with Gasteiger partial charge in [0, 0.05) is 55.9 Å². The summed E-state index contributed by atoms with van der Waals surface area (Å²) in [5.41, 5.74) is 0.509. The third-order valence-corrected chi connectivity index (χ3v) is 5.62. The maximum Gasteiger partial charge on any atom is 0.230 e. The van der Waals surface area contributed by atoms with Crippen molar-refractivity contribution >= 4 is 29.4 Å². The highest BCUT2D eigenvalue weighted by molar-refractivity contribution is 6.30. The van der Waals surface area contributed by atoms with Crippen molar-refractivity contribution < 1.29 is 9.59 Å². The van der Waals surface area contributed by atoms with E-state index in [0.717, 1.165) is 5.56 Å². The standard InChI is InChI=1S/C20H22ClN5O2/c21-16-4-2-14(3-5-16)9-20(12-26(13-20)19-22-6-1-7-23-19)18(28)25-11-15-8-17(27)24-10-15/h1-7,15H,8-13H2,(H,24,27)(H,25,28). The molecule has 2 aromatic rings. The van der Waals surface area contributed by atoms with E-state index in [0.29, 0.717) is 50.0 Å². The van der Waals surface area contributed by atoms with Gasteiger partial charge in [-0.2, -0.15) is 0 Å². The highest BCUT2D eigenvalue weighted by Gasteiger charge is 2.50. The third-order valence-electron chi connectivity index (χ3n) is 5.37. The number of carbonyl (C=O) groups is 2. The maximum absolute atomic E-state index is 13.1. The number of rotatable bonds is 6. The minimum absolute atomic E-state index is 0.00831. The van der Waals surface area contributed by atoms with Gasteiger partial charge >= 0.3 is 0 Å². The van der Waals surface area contributed by atoms with Crippen molar-refractivity contribution in [3.05, 3.63) is 53.3 Å². The number of hydrogen-bond donors (Lipinski definition) is 2. The number of nitrogens with zero attached hydrogens (tertiary/aromatic N) is 3. The topological polar surface area (TPSA) is 87.2 Å². The SMILES string of the molecule is O=C1CC(CNC(=O)C2(Cc3ccc(Cl)cc3)CN(c3ncccn3)C2)CN1. The molecule has 0 aliphatic carbocycles. The number of benzene rings is 1. The predicted octanol–water partition coefficient (Wildman–Crippen LogP) is 1.43. The van der Waals surface area contributed by atoms with Crippen LogP contribution in [0.4, 0.5) is 5.95 Å². The lowest BCUT2D eigenvalue weighted by Gasteiger charge is -2.49. The first-order chi connectivity index (χ1) is 13.5. The van der Waals surface area contributed by atoms with Crippen LogP contribution in [0.1, 0.15) is 12.0 Å². The van der Waals surface area contributed by atoms with E-state index in [9.17, 15) is 9.59 Å². The van der Waals surface area contributed by atoms with E-state index in [1.165, 1.54) is 0 Å². The smallest absolute Gasteiger partial charge is 0.230 e. The lowest BCUT2D eigenvalue weighted by molar-refractivity contribution is -0.133. The number of nitrogens with one attached hydrogen (secondary N) is 2. The Bertz CT molecular complexity index is 853. The first-order valence-corrected chi connectivity index (χ1v) is 9.73. The molecule has 2 aliphatic rings. The molecule has 0 saturated carbocycles. The molecular weight excluding hydrogens is 378 g/mol. The molecule has 1 aromatic heterocycles. The van der Waals surface area contributed by atoms with Gasteiger partial charge < -0.3 is 15.5 Å². The predicted molar refractivity (Wildman–Crippen MR) is 106 cm³/mol. The van der Waals surface area contributed by atoms with Crippen LogP contribution in [0.3, 0.4) is 0 Å². The molecule has 3 heterocycles. The van der Waals surface area contributed by atoms with Crippen LogP contribution in [-0.2, 0) is 16.0 Å². The molecule has 7 nitrogen and oxygen atoms in total. The fraction of sp³-hybridized carbons (Fsp3) is 0.400. The molecule has 146 valence electrons. The molecule has 1 aromatic carbocycles. The Morgan fingerprint density at radius 2 is 1.96 bits per heavy atom. The van der Waals surface area contributed by atoms with Gasteiger partial charge in [0.2, 0.25) is 17.8 Å². The number of aromatic nitrogens is 2. The largest absolute Gasteiger partial charge is 0.356 e. The van der Waals surface area contributed by atoms with Crippen LogP contribution in [-0.4, -0.2) is 48.0 Å². The normalized spacial score (nSPS) is 20.4. The molecule has 2 fully saturated rings. The van der Waals surface area contributed by atoms with Gasteiger partial charge in [-0.15, -0.1) is 0 Å². The summed E-state index contributed by atoms with van der Waals surface area (Å²) in [5.74, 6) is 0.838. The summed E-state index contributed by atoms with van der Waals surface area (Å²) in [6.45, 7) is 2.22. The molecule has 1 unspecified atom stereocenters. The summed E-state index contributed by atoms with van der Waals surface area (Å²) in [4.78, 5) is 35.1. The molecule has 8 heteroatoms. The molecule has 0 radical (unpaired) electrons. The van der Waals surface area contributed by atoms with Crippen molar-refractivity contribution in [1.82, 2.24) is 20.6 Å². The molecule has 2 saturated heterocycles. The van der Waals surface area contributed by atoms with Gasteiger partial charge in [-0.25, -0.2) is 9.97 Å². The van der Waals surface area contributed by atoms with Crippen molar-refractivity contribution in [3.8, 4) is 0 Å². The number of amides is 2. The first kappa shape index (κ1) is 18.7. The van der Waals surface area contributed by atoms with Crippen molar-refractivity contribution in [2.45, 2.75) is 12.8 Å². The highest BCUT2D eigenvalue weighted by Crippen LogP contribution is 2.36. The van der Waals surface area contributed by atoms with E-state index < -0.39 is 5.41 Å². The number of hydrogen-bond acceptors (Lipinski definition) is 5. The zero-order valence-corrected chi connectivity index (χ0v) is 16.2. The summed E-state index contributed by atoms with van der Waals surface area (Å²) in [6.07, 6.45) is 4.48. The van der Waals surface area contributed by atoms with Gasteiger partial charge in [0.15, 0.2) is 0 Å². The van der Waals surface area contributed by atoms with E-state index >= 15 is 0 Å². The highest BCUT2D eigenvalue weighted by atomic mass is 35.5. The Balaban J connectivity index is 1.46. The molecule has 1 atom stereocenters. The van der Waals surface area contributed by atoms with Crippen molar-refractivity contribution in [2.24, 2.45) is 11.3 Å². The van der Waals surface area contributed by atoms with Gasteiger partial charge in [0.05, 0.1) is 5.41 Å². The van der Waals surface area contributed by atoms with Gasteiger partial charge in [0.25, 0.3) is 0 Å². The average molecular weight is 400 g/mol. The molecule has 2 amide bonds. The fourth-order valence-corrected chi connectivity index (χ4v) is 3.97. The van der Waals surface area contributed by atoms with Crippen molar-refractivity contribution in [1.29, 1.82) is 0 Å². The molecule has 28 heavy (non-hydrogen) atoms. The Kier molecular flexibility index (Phi) is 5.17. The monoisotopic (exact) mass is 399 g/mol. The second-order valence-electron chi connectivity index (χ2n) is 7.57. The molecule has 0 spiro atoms. The molecule has 2 aliphatic heterocycles. The minimum Gasteiger partial charge on any atom is -0.356 e. The lowest BCUT2D eigenvalue weighted by atomic mass is 9.74. The average Bonchev–Trinajstić information content (AvgIpc) is 3.10. The van der Waals surface area contributed by atoms with Crippen LogP contribution < -0.4 is 15.5 Å². The Morgan fingerprint density at radius 3 is 2.61 bits per heavy atom. The number of halogens is 1. The zero-order chi connectivity index (χ0) is 19.6. The van der Waals surface area contributed by atoms with Gasteiger partial charge in [-0.3, -0.25) is 9.59 Å². The molecular formula is C20H22ClN5O2. The fourth-order valence-electron chi connectivity index (χ4n) is 3.84. The lowest BCUT2D eigenvalue weighted by Crippen LogP contribution is -2.65. The van der Waals surface area contributed by atoms with Gasteiger partial charge in [0.1, 0.15) is 0 Å². The second kappa shape index (κ2) is 7.75. The Labute approximate surface area is 168 Å². The van der Waals surface area contributed by atoms with Crippen LogP contribution in [0.2, 0.25) is 5.02 Å². The Morgan fingerprint density at radius 1 is 1.25 bits per heavy atom. The van der Waals surface area contributed by atoms with E-state index in [4.69, 9.17) is 11.6 Å². The van der Waals surface area contributed by atoms with E-state index in [2.05, 4.69) is 20.6 Å². The van der Waals surface area contributed by atoms with Crippen LogP contribution in [0, 0.1) is 11.3 Å². The summed E-state index contributed by atoms with van der Waals surface area (Å²) < 4.78 is 0. The summed E-state index contributed by atoms with van der Waals surface area (Å²) >= 11 is 5.99. The number of carbonyl (C=O) groups excluding carboxylic acids is 2. The third kappa shape index (κ3) is 3.94. The summed E-state index contributed by atoms with van der Waals surface area (Å²) in [6, 6.07) is 9.37. The zero-order valence-electron chi connectivity index (χ0n) is 15.4. The Hall–Kier alpha value is -2.67. The van der Waals surface area contributed by atoms with E-state index in [-0.39, 0.29) is 17.7 Å². The van der Waals surface area contributed by atoms with Crippen molar-refractivity contribution in [3.63, 3.8) is 0 Å². The van der Waals surface area contributed by atoms with Crippen LogP contribution in [0.25, 0.3) is 0 Å². The maximum atomic E-state index is 13.1. The van der Waals surface area contributed by atoms with Gasteiger partial charge in [-0.1, -0.05) is 23.7 Å². The first-order valence-electron chi connectivity index (χ1n) is 9.35. The quantitative estimate of drug-likeness (QED) is 0.767. The van der Waals surface area contributed by atoms with Crippen molar-refractivity contribution in [2.75, 3.05) is 31.1 Å². The van der Waals surface area contributed by atoms with Crippen LogP contribution >= 0.6 is 11.6 Å². The molecule has 2 N–H and O–H groups in total. The summed E-state index contributed by atoms with van der Waals surface area (Å²) in [7, 11) is 0. The van der Waals surface area contributed by atoms with Crippen LogP contribution in [0.15, 0.2) is 42.7 Å². The second-order valence-corrected chi connectivity index (χ2v) is 8.01. The molecule has 0 bridgehead atoms. The minimum atomic E-state index is -0.553. The van der Waals surface area contributed by atoms with E-state index in [1.54, 1.807) is 18.5 Å². The molecule has 4 rings (SSSR count). The van der Waals surface area contributed by atoms with Gasteiger partial charge in [-0.05, 0) is 30.2 Å². The number of anilines is 1. The van der Waals surface area contributed by atoms with Crippen LogP contribution in [0.5, 0.6) is 0 Å².